The molecule has 0 aliphatic rings. The van der Waals surface area contributed by atoms with Crippen LogP contribution in [0.5, 0.6) is 0 Å². The van der Waals surface area contributed by atoms with Gasteiger partial charge in [-0.15, -0.1) is 0 Å². The van der Waals surface area contributed by atoms with Gasteiger partial charge in [0, 0.05) is 11.8 Å². The number of nitrogens with one attached hydrogen (secondary N) is 1. The first-order valence-corrected chi connectivity index (χ1v) is 9.35. The van der Waals surface area contributed by atoms with E-state index in [1.807, 2.05) is 10.5 Å². The predicted octanol–water partition coefficient (Wildman–Crippen LogP) is 4.93. The van der Waals surface area contributed by atoms with E-state index in [9.17, 15) is 4.79 Å². The van der Waals surface area contributed by atoms with Crippen molar-refractivity contribution in [2.24, 2.45) is 0 Å². The summed E-state index contributed by atoms with van der Waals surface area (Å²) in [5.41, 5.74) is 3.81. The number of halogens is 1. The molecule has 0 fully saturated rings. The Hall–Kier alpha value is -2.53. The monoisotopic (exact) mass is 385 g/mol. The summed E-state index contributed by atoms with van der Waals surface area (Å²) in [5, 5.41) is 3.75. The molecule has 0 spiro atoms. The highest BCUT2D eigenvalue weighted by Gasteiger charge is 2.18. The van der Waals surface area contributed by atoms with Crippen molar-refractivity contribution in [1.82, 2.24) is 9.38 Å². The topological polar surface area (TPSA) is 55.6 Å². The Kier molecular flexibility index (Phi) is 5.42. The molecule has 0 atom stereocenters. The number of esters is 1. The molecular formula is C21H24ClN3O2. The fraction of sp³-hybridized carbons (Fsp3) is 0.333. The number of fused-ring (bicyclic) bond motifs is 1. The number of hydrogen-bond donors (Lipinski definition) is 1. The number of imidazole rings is 1. The second kappa shape index (κ2) is 7.61. The average Bonchev–Trinajstić information content (AvgIpc) is 2.97. The number of nitrogens with zero attached hydrogens (tertiary/aromatic N) is 2. The van der Waals surface area contributed by atoms with Crippen molar-refractivity contribution in [2.45, 2.75) is 33.1 Å². The average molecular weight is 386 g/mol. The molecular weight excluding hydrogens is 362 g/mol. The molecule has 1 N–H and O–H groups in total. The normalized spacial score (nSPS) is 11.6. The summed E-state index contributed by atoms with van der Waals surface area (Å²) in [6.07, 6.45) is 1.78. The van der Waals surface area contributed by atoms with Crippen molar-refractivity contribution in [3.63, 3.8) is 0 Å². The first-order chi connectivity index (χ1) is 12.8. The fourth-order valence-corrected chi connectivity index (χ4v) is 3.05. The molecule has 0 aliphatic carbocycles. The number of pyridine rings is 1. The summed E-state index contributed by atoms with van der Waals surface area (Å²) in [6.45, 7) is 8.74. The number of carbonyl (C=O) groups excluding carboxylic acids is 1. The zero-order chi connectivity index (χ0) is 19.6. The zero-order valence-corrected chi connectivity index (χ0v) is 16.8. The van der Waals surface area contributed by atoms with Gasteiger partial charge in [-0.2, -0.15) is 0 Å². The Bertz CT molecular complexity index is 956. The Labute approximate surface area is 164 Å². The molecule has 0 saturated heterocycles. The molecule has 0 radical (unpaired) electrons. The largest absolute Gasteiger partial charge is 0.465 e. The van der Waals surface area contributed by atoms with Crippen LogP contribution >= 0.6 is 11.6 Å². The van der Waals surface area contributed by atoms with Crippen LogP contribution in [0.15, 0.2) is 42.6 Å². The van der Waals surface area contributed by atoms with Crippen LogP contribution in [0.3, 0.4) is 0 Å². The number of hydrogen-bond acceptors (Lipinski definition) is 4. The molecule has 0 bridgehead atoms. The molecule has 1 aromatic carbocycles. The lowest BCUT2D eigenvalue weighted by molar-refractivity contribution is -0.140. The molecule has 3 rings (SSSR count). The van der Waals surface area contributed by atoms with Crippen molar-refractivity contribution in [2.75, 3.05) is 18.5 Å². The number of benzene rings is 1. The minimum atomic E-state index is -0.316. The second-order valence-electron chi connectivity index (χ2n) is 7.37. The van der Waals surface area contributed by atoms with Crippen LogP contribution in [0.2, 0.25) is 5.02 Å². The minimum absolute atomic E-state index is 0.0568. The SMILES string of the molecule is CCOC(=O)CNc1c(-c2ccc(C(C)(C)C)cc2)nc2ccc(Cl)cn12. The molecule has 0 unspecified atom stereocenters. The molecule has 0 aliphatic heterocycles. The van der Waals surface area contributed by atoms with Gasteiger partial charge in [0.1, 0.15) is 23.7 Å². The Morgan fingerprint density at radius 1 is 1.19 bits per heavy atom. The molecule has 2 heterocycles. The minimum Gasteiger partial charge on any atom is -0.465 e. The molecule has 0 saturated carbocycles. The van der Waals surface area contributed by atoms with Crippen molar-refractivity contribution in [3.8, 4) is 11.3 Å². The fourth-order valence-electron chi connectivity index (χ4n) is 2.88. The van der Waals surface area contributed by atoms with Gasteiger partial charge in [0.25, 0.3) is 0 Å². The predicted molar refractivity (Wildman–Crippen MR) is 109 cm³/mol. The van der Waals surface area contributed by atoms with Gasteiger partial charge < -0.3 is 10.1 Å². The summed E-state index contributed by atoms with van der Waals surface area (Å²) in [5.74, 6) is 0.396. The molecule has 5 nitrogen and oxygen atoms in total. The summed E-state index contributed by atoms with van der Waals surface area (Å²) in [6, 6.07) is 12.0. The van der Waals surface area contributed by atoms with E-state index < -0.39 is 0 Å². The van der Waals surface area contributed by atoms with E-state index in [4.69, 9.17) is 21.3 Å². The van der Waals surface area contributed by atoms with Gasteiger partial charge in [0.2, 0.25) is 0 Å². The van der Waals surface area contributed by atoms with Gasteiger partial charge in [0.15, 0.2) is 0 Å². The summed E-state index contributed by atoms with van der Waals surface area (Å²) in [4.78, 5) is 16.5. The Morgan fingerprint density at radius 3 is 2.52 bits per heavy atom. The van der Waals surface area contributed by atoms with Gasteiger partial charge in [-0.25, -0.2) is 4.98 Å². The molecule has 3 aromatic rings. The molecule has 142 valence electrons. The highest BCUT2D eigenvalue weighted by Crippen LogP contribution is 2.31. The van der Waals surface area contributed by atoms with E-state index in [0.717, 1.165) is 16.9 Å². The molecule has 27 heavy (non-hydrogen) atoms. The van der Waals surface area contributed by atoms with Gasteiger partial charge in [-0.1, -0.05) is 56.6 Å². The lowest BCUT2D eigenvalue weighted by Gasteiger charge is -2.19. The standard InChI is InChI=1S/C21H24ClN3O2/c1-5-27-18(26)12-23-20-19(24-17-11-10-16(22)13-25(17)20)14-6-8-15(9-7-14)21(2,3)4/h6-11,13,23H,5,12H2,1-4H3. The second-order valence-corrected chi connectivity index (χ2v) is 7.81. The summed E-state index contributed by atoms with van der Waals surface area (Å²) < 4.78 is 6.87. The van der Waals surface area contributed by atoms with Gasteiger partial charge in [0.05, 0.1) is 11.6 Å². The van der Waals surface area contributed by atoms with Gasteiger partial charge in [-0.3, -0.25) is 9.20 Å². The van der Waals surface area contributed by atoms with Crippen LogP contribution < -0.4 is 5.32 Å². The molecule has 2 aromatic heterocycles. The first kappa shape index (κ1) is 19.2. The molecule has 6 heteroatoms. The number of aromatic nitrogens is 2. The maximum Gasteiger partial charge on any atom is 0.325 e. The van der Waals surface area contributed by atoms with Gasteiger partial charge in [-0.05, 0) is 30.0 Å². The lowest BCUT2D eigenvalue weighted by Crippen LogP contribution is -2.18. The Morgan fingerprint density at radius 2 is 1.89 bits per heavy atom. The smallest absolute Gasteiger partial charge is 0.325 e. The Balaban J connectivity index is 2.03. The first-order valence-electron chi connectivity index (χ1n) is 8.97. The number of anilines is 1. The number of rotatable bonds is 5. The van der Waals surface area contributed by atoms with E-state index >= 15 is 0 Å². The number of carbonyl (C=O) groups is 1. The third-order valence-electron chi connectivity index (χ3n) is 4.31. The van der Waals surface area contributed by atoms with Crippen LogP contribution in [0, 0.1) is 0 Å². The maximum absolute atomic E-state index is 11.8. The third-order valence-corrected chi connectivity index (χ3v) is 4.54. The quantitative estimate of drug-likeness (QED) is 0.633. The summed E-state index contributed by atoms with van der Waals surface area (Å²) in [7, 11) is 0. The lowest BCUT2D eigenvalue weighted by atomic mass is 9.86. The van der Waals surface area contributed by atoms with Crippen molar-refractivity contribution in [3.05, 3.63) is 53.2 Å². The molecule has 0 amide bonds. The maximum atomic E-state index is 11.8. The number of ether oxygens (including phenoxy) is 1. The summed E-state index contributed by atoms with van der Waals surface area (Å²) >= 11 is 6.16. The third kappa shape index (κ3) is 4.25. The van der Waals surface area contributed by atoms with Crippen LogP contribution in [0.1, 0.15) is 33.3 Å². The van der Waals surface area contributed by atoms with E-state index in [2.05, 4.69) is 50.4 Å². The zero-order valence-electron chi connectivity index (χ0n) is 16.0. The van der Waals surface area contributed by atoms with Crippen LogP contribution in [-0.2, 0) is 14.9 Å². The van der Waals surface area contributed by atoms with Crippen molar-refractivity contribution in [1.29, 1.82) is 0 Å². The van der Waals surface area contributed by atoms with Crippen LogP contribution in [0.25, 0.3) is 16.9 Å². The van der Waals surface area contributed by atoms with Crippen LogP contribution in [0.4, 0.5) is 5.82 Å². The van der Waals surface area contributed by atoms with E-state index in [-0.39, 0.29) is 17.9 Å². The van der Waals surface area contributed by atoms with E-state index in [1.165, 1.54) is 5.56 Å². The van der Waals surface area contributed by atoms with Crippen molar-refractivity contribution < 1.29 is 9.53 Å². The highest BCUT2D eigenvalue weighted by atomic mass is 35.5. The van der Waals surface area contributed by atoms with Gasteiger partial charge >= 0.3 is 5.97 Å². The van der Waals surface area contributed by atoms with E-state index in [1.54, 1.807) is 19.2 Å². The van der Waals surface area contributed by atoms with Crippen LogP contribution in [-0.4, -0.2) is 28.5 Å². The highest BCUT2D eigenvalue weighted by molar-refractivity contribution is 6.30. The van der Waals surface area contributed by atoms with E-state index in [0.29, 0.717) is 17.4 Å². The van der Waals surface area contributed by atoms with Crippen molar-refractivity contribution >= 4 is 29.0 Å².